The van der Waals surface area contributed by atoms with E-state index in [9.17, 15) is 0 Å². The first-order valence-electron chi connectivity index (χ1n) is 8.03. The summed E-state index contributed by atoms with van der Waals surface area (Å²) in [5.74, 6) is 0.766. The summed E-state index contributed by atoms with van der Waals surface area (Å²) in [5.41, 5.74) is 3.27. The molecule has 3 aromatic rings. The summed E-state index contributed by atoms with van der Waals surface area (Å²) in [6.07, 6.45) is 0. The molecule has 0 aliphatic heterocycles. The first kappa shape index (κ1) is 17.6. The van der Waals surface area contributed by atoms with Crippen LogP contribution in [0.15, 0.2) is 40.7 Å². The maximum Gasteiger partial charge on any atom is 0.191 e. The van der Waals surface area contributed by atoms with Crippen molar-refractivity contribution < 1.29 is 0 Å². The van der Waals surface area contributed by atoms with Gasteiger partial charge in [0.15, 0.2) is 5.96 Å². The number of hydrogen-bond acceptors (Lipinski definition) is 5. The second-order valence-corrected chi connectivity index (χ2v) is 7.58. The summed E-state index contributed by atoms with van der Waals surface area (Å²) in [6, 6.07) is 10.3. The molecule has 2 N–H and O–H groups in total. The fourth-order valence-corrected chi connectivity index (χ4v) is 4.04. The van der Waals surface area contributed by atoms with E-state index in [4.69, 9.17) is 4.98 Å². The number of nitrogens with one attached hydrogen (secondary N) is 2. The lowest BCUT2D eigenvalue weighted by Crippen LogP contribution is -2.36. The van der Waals surface area contributed by atoms with Gasteiger partial charge in [-0.25, -0.2) is 9.97 Å². The summed E-state index contributed by atoms with van der Waals surface area (Å²) in [6.45, 7) is 5.43. The predicted molar refractivity (Wildman–Crippen MR) is 106 cm³/mol. The first-order valence-corrected chi connectivity index (χ1v) is 9.72. The van der Waals surface area contributed by atoms with Crippen molar-refractivity contribution in [2.75, 3.05) is 7.05 Å². The Kier molecular flexibility index (Phi) is 5.78. The van der Waals surface area contributed by atoms with Gasteiger partial charge in [-0.15, -0.1) is 22.7 Å². The SMILES string of the molecule is CN=C(NCc1nc(C)cs1)NCc1sc(-c2ccccc2)nc1C. The van der Waals surface area contributed by atoms with Crippen LogP contribution < -0.4 is 10.6 Å². The van der Waals surface area contributed by atoms with Crippen molar-refractivity contribution in [3.8, 4) is 10.6 Å². The van der Waals surface area contributed by atoms with Crippen LogP contribution in [0.1, 0.15) is 21.3 Å². The largest absolute Gasteiger partial charge is 0.351 e. The average Bonchev–Trinajstić information content (AvgIpc) is 3.21. The molecule has 0 bridgehead atoms. The Balaban J connectivity index is 1.59. The first-order chi connectivity index (χ1) is 12.2. The van der Waals surface area contributed by atoms with E-state index >= 15 is 0 Å². The van der Waals surface area contributed by atoms with Gasteiger partial charge in [0.05, 0.1) is 18.8 Å². The highest BCUT2D eigenvalue weighted by Gasteiger charge is 2.10. The van der Waals surface area contributed by atoms with Crippen molar-refractivity contribution in [2.45, 2.75) is 26.9 Å². The minimum atomic E-state index is 0.676. The number of rotatable bonds is 5. The van der Waals surface area contributed by atoms with E-state index in [1.165, 1.54) is 4.88 Å². The van der Waals surface area contributed by atoms with Crippen LogP contribution in [0.5, 0.6) is 0 Å². The fraction of sp³-hybridized carbons (Fsp3) is 0.278. The monoisotopic (exact) mass is 371 g/mol. The molecule has 0 fully saturated rings. The molecule has 0 spiro atoms. The molecule has 0 saturated heterocycles. The lowest BCUT2D eigenvalue weighted by Gasteiger charge is -2.10. The minimum absolute atomic E-state index is 0.676. The zero-order chi connectivity index (χ0) is 17.6. The molecule has 0 aliphatic carbocycles. The van der Waals surface area contributed by atoms with Gasteiger partial charge in [0.2, 0.25) is 0 Å². The Morgan fingerprint density at radius 2 is 1.84 bits per heavy atom. The van der Waals surface area contributed by atoms with E-state index in [1.807, 2.05) is 25.1 Å². The van der Waals surface area contributed by atoms with Gasteiger partial charge in [0.1, 0.15) is 10.0 Å². The van der Waals surface area contributed by atoms with Crippen LogP contribution in [0, 0.1) is 13.8 Å². The van der Waals surface area contributed by atoms with Gasteiger partial charge in [-0.05, 0) is 13.8 Å². The van der Waals surface area contributed by atoms with Crippen molar-refractivity contribution in [1.29, 1.82) is 0 Å². The zero-order valence-corrected chi connectivity index (χ0v) is 16.2. The van der Waals surface area contributed by atoms with E-state index in [1.54, 1.807) is 29.7 Å². The lowest BCUT2D eigenvalue weighted by molar-refractivity contribution is 0.806. The Morgan fingerprint density at radius 1 is 1.08 bits per heavy atom. The number of guanidine groups is 1. The molecule has 7 heteroatoms. The van der Waals surface area contributed by atoms with Crippen LogP contribution in [0.2, 0.25) is 0 Å². The summed E-state index contributed by atoms with van der Waals surface area (Å²) < 4.78 is 0. The van der Waals surface area contributed by atoms with Gasteiger partial charge in [0.25, 0.3) is 0 Å². The Hall–Kier alpha value is -2.25. The highest BCUT2D eigenvalue weighted by atomic mass is 32.1. The molecule has 0 saturated carbocycles. The van der Waals surface area contributed by atoms with Crippen molar-refractivity contribution in [3.05, 3.63) is 57.0 Å². The molecule has 3 rings (SSSR count). The van der Waals surface area contributed by atoms with E-state index in [2.05, 4.69) is 45.0 Å². The van der Waals surface area contributed by atoms with Gasteiger partial charge in [-0.2, -0.15) is 0 Å². The third-order valence-corrected chi connectivity index (χ3v) is 5.80. The van der Waals surface area contributed by atoms with Crippen molar-refractivity contribution in [3.63, 3.8) is 0 Å². The second-order valence-electron chi connectivity index (χ2n) is 5.56. The van der Waals surface area contributed by atoms with Crippen LogP contribution in [0.4, 0.5) is 0 Å². The molecule has 0 unspecified atom stereocenters. The Labute approximate surface area is 155 Å². The van der Waals surface area contributed by atoms with Crippen molar-refractivity contribution >= 4 is 28.6 Å². The smallest absolute Gasteiger partial charge is 0.191 e. The van der Waals surface area contributed by atoms with Gasteiger partial charge in [-0.1, -0.05) is 30.3 Å². The number of thiazole rings is 2. The molecule has 5 nitrogen and oxygen atoms in total. The normalized spacial score (nSPS) is 11.6. The standard InChI is InChI=1S/C18H21N5S2/c1-12-11-24-16(22-12)10-21-18(19-3)20-9-15-13(2)23-17(25-15)14-7-5-4-6-8-14/h4-8,11H,9-10H2,1-3H3,(H2,19,20,21). The third kappa shape index (κ3) is 4.64. The second kappa shape index (κ2) is 8.22. The highest BCUT2D eigenvalue weighted by molar-refractivity contribution is 7.15. The van der Waals surface area contributed by atoms with Crippen molar-refractivity contribution in [2.24, 2.45) is 4.99 Å². The lowest BCUT2D eigenvalue weighted by atomic mass is 10.2. The van der Waals surface area contributed by atoms with E-state index in [-0.39, 0.29) is 0 Å². The topological polar surface area (TPSA) is 62.2 Å². The molecule has 2 heterocycles. The fourth-order valence-electron chi connectivity index (χ4n) is 2.32. The molecule has 0 aliphatic rings. The van der Waals surface area contributed by atoms with E-state index in [0.717, 1.165) is 32.9 Å². The van der Waals surface area contributed by atoms with Gasteiger partial charge >= 0.3 is 0 Å². The molecular formula is C18H21N5S2. The van der Waals surface area contributed by atoms with Crippen LogP contribution >= 0.6 is 22.7 Å². The summed E-state index contributed by atoms with van der Waals surface area (Å²) >= 11 is 3.37. The maximum absolute atomic E-state index is 4.69. The Morgan fingerprint density at radius 3 is 2.52 bits per heavy atom. The number of hydrogen-bond donors (Lipinski definition) is 2. The number of aromatic nitrogens is 2. The average molecular weight is 372 g/mol. The number of aliphatic imine (C=N–C) groups is 1. The Bertz CT molecular complexity index is 851. The minimum Gasteiger partial charge on any atom is -0.351 e. The molecule has 0 radical (unpaired) electrons. The predicted octanol–water partition coefficient (Wildman–Crippen LogP) is 3.75. The third-order valence-electron chi connectivity index (χ3n) is 3.63. The summed E-state index contributed by atoms with van der Waals surface area (Å²) in [5, 5.41) is 10.8. The van der Waals surface area contributed by atoms with Gasteiger partial charge < -0.3 is 10.6 Å². The molecule has 130 valence electrons. The summed E-state index contributed by atoms with van der Waals surface area (Å²) in [7, 11) is 1.78. The van der Waals surface area contributed by atoms with Gasteiger partial charge in [0, 0.05) is 28.6 Å². The van der Waals surface area contributed by atoms with Gasteiger partial charge in [-0.3, -0.25) is 4.99 Å². The van der Waals surface area contributed by atoms with Crippen LogP contribution in [0.25, 0.3) is 10.6 Å². The van der Waals surface area contributed by atoms with Crippen LogP contribution in [-0.2, 0) is 13.1 Å². The summed E-state index contributed by atoms with van der Waals surface area (Å²) in [4.78, 5) is 14.6. The molecule has 0 amide bonds. The number of aryl methyl sites for hydroxylation is 2. The van der Waals surface area contributed by atoms with E-state index in [0.29, 0.717) is 13.1 Å². The van der Waals surface area contributed by atoms with Crippen molar-refractivity contribution in [1.82, 2.24) is 20.6 Å². The van der Waals surface area contributed by atoms with Crippen LogP contribution in [-0.4, -0.2) is 23.0 Å². The quantitative estimate of drug-likeness (QED) is 0.530. The number of nitrogens with zero attached hydrogens (tertiary/aromatic N) is 3. The molecule has 25 heavy (non-hydrogen) atoms. The maximum atomic E-state index is 4.69. The molecule has 0 atom stereocenters. The molecule has 2 aromatic heterocycles. The molecular weight excluding hydrogens is 350 g/mol. The zero-order valence-electron chi connectivity index (χ0n) is 14.5. The highest BCUT2D eigenvalue weighted by Crippen LogP contribution is 2.27. The molecule has 1 aromatic carbocycles. The number of benzene rings is 1. The van der Waals surface area contributed by atoms with Crippen LogP contribution in [0.3, 0.4) is 0 Å². The van der Waals surface area contributed by atoms with E-state index < -0.39 is 0 Å².